The molecular formula is C10H10N2O2. The molecule has 0 atom stereocenters. The highest BCUT2D eigenvalue weighted by atomic mass is 16.4. The molecule has 1 heterocycles. The van der Waals surface area contributed by atoms with Crippen molar-refractivity contribution in [3.63, 3.8) is 0 Å². The minimum absolute atomic E-state index is 0.304. The van der Waals surface area contributed by atoms with Crippen molar-refractivity contribution in [1.29, 1.82) is 0 Å². The number of aromatic nitrogens is 2. The van der Waals surface area contributed by atoms with Crippen LogP contribution in [0.15, 0.2) is 18.5 Å². The van der Waals surface area contributed by atoms with Gasteiger partial charge in [0, 0.05) is 0 Å². The molecule has 0 aliphatic heterocycles. The molecule has 0 radical (unpaired) electrons. The molecule has 72 valence electrons. The van der Waals surface area contributed by atoms with Gasteiger partial charge in [-0.3, -0.25) is 0 Å². The molecule has 0 unspecified atom stereocenters. The zero-order valence-electron chi connectivity index (χ0n) is 7.74. The number of aryl methyl sites for hydroxylation is 1. The van der Waals surface area contributed by atoms with Gasteiger partial charge >= 0.3 is 5.97 Å². The van der Waals surface area contributed by atoms with Crippen LogP contribution in [-0.4, -0.2) is 21.0 Å². The lowest BCUT2D eigenvalue weighted by molar-refractivity contribution is 0.0697. The predicted molar refractivity (Wildman–Crippen MR) is 52.4 cm³/mol. The molecule has 0 saturated heterocycles. The first-order valence-electron chi connectivity index (χ1n) is 4.41. The molecule has 0 amide bonds. The van der Waals surface area contributed by atoms with Gasteiger partial charge in [0.05, 0.1) is 22.9 Å². The molecule has 4 heteroatoms. The predicted octanol–water partition coefficient (Wildman–Crippen LogP) is 1.82. The van der Waals surface area contributed by atoms with E-state index < -0.39 is 5.97 Å². The second kappa shape index (κ2) is 3.14. The summed E-state index contributed by atoms with van der Waals surface area (Å²) in [7, 11) is 0. The Balaban J connectivity index is 2.73. The third-order valence-electron chi connectivity index (χ3n) is 2.23. The number of carboxylic acid groups (broad SMARTS) is 1. The van der Waals surface area contributed by atoms with Crippen LogP contribution in [0.4, 0.5) is 0 Å². The van der Waals surface area contributed by atoms with Gasteiger partial charge in [0.1, 0.15) is 0 Å². The van der Waals surface area contributed by atoms with Crippen molar-refractivity contribution < 1.29 is 9.90 Å². The third-order valence-corrected chi connectivity index (χ3v) is 2.23. The quantitative estimate of drug-likeness (QED) is 0.759. The van der Waals surface area contributed by atoms with Gasteiger partial charge in [-0.2, -0.15) is 0 Å². The first-order chi connectivity index (χ1) is 6.72. The number of hydrogen-bond donors (Lipinski definition) is 2. The molecule has 2 aromatic rings. The average Bonchev–Trinajstić information content (AvgIpc) is 2.63. The zero-order valence-corrected chi connectivity index (χ0v) is 7.74. The van der Waals surface area contributed by atoms with Crippen molar-refractivity contribution >= 4 is 17.0 Å². The number of fused-ring (bicyclic) bond motifs is 1. The maximum Gasteiger partial charge on any atom is 0.335 e. The number of nitrogens with zero attached hydrogens (tertiary/aromatic N) is 1. The molecule has 1 aromatic heterocycles. The van der Waals surface area contributed by atoms with Crippen LogP contribution < -0.4 is 0 Å². The lowest BCUT2D eigenvalue weighted by Crippen LogP contribution is -1.98. The fourth-order valence-corrected chi connectivity index (χ4v) is 1.52. The highest BCUT2D eigenvalue weighted by molar-refractivity contribution is 5.93. The van der Waals surface area contributed by atoms with Crippen molar-refractivity contribution in [2.24, 2.45) is 0 Å². The first-order valence-corrected chi connectivity index (χ1v) is 4.41. The summed E-state index contributed by atoms with van der Waals surface area (Å²) < 4.78 is 0. The summed E-state index contributed by atoms with van der Waals surface area (Å²) in [5.41, 5.74) is 2.90. The molecule has 1 aromatic carbocycles. The Morgan fingerprint density at radius 3 is 3.00 bits per heavy atom. The number of carbonyl (C=O) groups is 1. The smallest absolute Gasteiger partial charge is 0.335 e. The summed E-state index contributed by atoms with van der Waals surface area (Å²) in [5.74, 6) is -0.906. The summed E-state index contributed by atoms with van der Waals surface area (Å²) in [4.78, 5) is 17.9. The van der Waals surface area contributed by atoms with Gasteiger partial charge in [-0.05, 0) is 24.1 Å². The van der Waals surface area contributed by atoms with E-state index >= 15 is 0 Å². The number of hydrogen-bond acceptors (Lipinski definition) is 2. The molecule has 2 rings (SSSR count). The molecule has 0 spiro atoms. The Labute approximate surface area is 80.6 Å². The number of imidazole rings is 1. The Bertz CT molecular complexity index is 488. The Morgan fingerprint density at radius 1 is 1.57 bits per heavy atom. The maximum absolute atomic E-state index is 10.8. The van der Waals surface area contributed by atoms with Gasteiger partial charge < -0.3 is 10.1 Å². The number of aromatic amines is 1. The third kappa shape index (κ3) is 1.25. The van der Waals surface area contributed by atoms with Gasteiger partial charge in [0.15, 0.2) is 0 Å². The summed E-state index contributed by atoms with van der Waals surface area (Å²) in [6, 6.07) is 3.27. The Morgan fingerprint density at radius 2 is 2.36 bits per heavy atom. The van der Waals surface area contributed by atoms with Crippen molar-refractivity contribution in [3.05, 3.63) is 29.6 Å². The summed E-state index contributed by atoms with van der Waals surface area (Å²) in [6.07, 6.45) is 2.36. The first kappa shape index (κ1) is 8.74. The van der Waals surface area contributed by atoms with Crippen LogP contribution in [0.1, 0.15) is 22.8 Å². The summed E-state index contributed by atoms with van der Waals surface area (Å²) in [6.45, 7) is 1.98. The van der Waals surface area contributed by atoms with E-state index in [1.54, 1.807) is 18.5 Å². The Kier molecular flexibility index (Phi) is 1.96. The molecule has 14 heavy (non-hydrogen) atoms. The van der Waals surface area contributed by atoms with Crippen molar-refractivity contribution in [2.45, 2.75) is 13.3 Å². The van der Waals surface area contributed by atoms with E-state index in [2.05, 4.69) is 9.97 Å². The number of aromatic carboxylic acids is 1. The number of H-pyrrole nitrogens is 1. The van der Waals surface area contributed by atoms with Crippen LogP contribution in [0.25, 0.3) is 11.0 Å². The minimum atomic E-state index is -0.906. The van der Waals surface area contributed by atoms with Crippen molar-refractivity contribution in [3.8, 4) is 0 Å². The molecule has 4 nitrogen and oxygen atoms in total. The van der Waals surface area contributed by atoms with Gasteiger partial charge in [-0.1, -0.05) is 6.92 Å². The summed E-state index contributed by atoms with van der Waals surface area (Å²) in [5, 5.41) is 8.87. The molecular weight excluding hydrogens is 180 g/mol. The van der Waals surface area contributed by atoms with Gasteiger partial charge in [-0.25, -0.2) is 9.78 Å². The maximum atomic E-state index is 10.8. The molecule has 2 N–H and O–H groups in total. The lowest BCUT2D eigenvalue weighted by Gasteiger charge is -2.00. The van der Waals surface area contributed by atoms with Crippen LogP contribution in [-0.2, 0) is 6.42 Å². The molecule has 0 aliphatic rings. The van der Waals surface area contributed by atoms with Crippen LogP contribution in [0.5, 0.6) is 0 Å². The fourth-order valence-electron chi connectivity index (χ4n) is 1.52. The SMILES string of the molecule is CCc1cc(C(=O)O)cc2[nH]cnc12. The van der Waals surface area contributed by atoms with E-state index in [9.17, 15) is 4.79 Å². The average molecular weight is 190 g/mol. The fraction of sp³-hybridized carbons (Fsp3) is 0.200. The highest BCUT2D eigenvalue weighted by Gasteiger charge is 2.09. The van der Waals surface area contributed by atoms with Gasteiger partial charge in [0.25, 0.3) is 0 Å². The van der Waals surface area contributed by atoms with E-state index in [0.717, 1.165) is 23.0 Å². The van der Waals surface area contributed by atoms with E-state index in [1.165, 1.54) is 0 Å². The number of benzene rings is 1. The van der Waals surface area contributed by atoms with Crippen molar-refractivity contribution in [1.82, 2.24) is 9.97 Å². The molecule has 0 aliphatic carbocycles. The topological polar surface area (TPSA) is 66.0 Å². The summed E-state index contributed by atoms with van der Waals surface area (Å²) >= 11 is 0. The molecule has 0 bridgehead atoms. The highest BCUT2D eigenvalue weighted by Crippen LogP contribution is 2.18. The lowest BCUT2D eigenvalue weighted by atomic mass is 10.1. The zero-order chi connectivity index (χ0) is 10.1. The van der Waals surface area contributed by atoms with Crippen LogP contribution in [0.3, 0.4) is 0 Å². The Hall–Kier alpha value is -1.84. The van der Waals surface area contributed by atoms with Crippen LogP contribution in [0, 0.1) is 0 Å². The molecule has 0 saturated carbocycles. The van der Waals surface area contributed by atoms with E-state index in [1.807, 2.05) is 6.92 Å². The van der Waals surface area contributed by atoms with E-state index in [0.29, 0.717) is 5.56 Å². The number of carboxylic acids is 1. The second-order valence-electron chi connectivity index (χ2n) is 3.09. The largest absolute Gasteiger partial charge is 0.478 e. The normalized spacial score (nSPS) is 10.6. The standard InChI is InChI=1S/C10H10N2O2/c1-2-6-3-7(10(13)14)4-8-9(6)12-5-11-8/h3-5H,2H2,1H3,(H,11,12)(H,13,14). The number of nitrogens with one attached hydrogen (secondary N) is 1. The molecule has 0 fully saturated rings. The van der Waals surface area contributed by atoms with Crippen LogP contribution in [0.2, 0.25) is 0 Å². The monoisotopic (exact) mass is 190 g/mol. The van der Waals surface area contributed by atoms with E-state index in [-0.39, 0.29) is 0 Å². The van der Waals surface area contributed by atoms with E-state index in [4.69, 9.17) is 5.11 Å². The van der Waals surface area contributed by atoms with Crippen molar-refractivity contribution in [2.75, 3.05) is 0 Å². The van der Waals surface area contributed by atoms with Gasteiger partial charge in [-0.15, -0.1) is 0 Å². The number of rotatable bonds is 2. The minimum Gasteiger partial charge on any atom is -0.478 e. The van der Waals surface area contributed by atoms with Crippen LogP contribution >= 0.6 is 0 Å². The van der Waals surface area contributed by atoms with Gasteiger partial charge in [0.2, 0.25) is 0 Å². The second-order valence-corrected chi connectivity index (χ2v) is 3.09.